The molecule has 2 fully saturated rings. The number of carbonyl (C=O) groups excluding carboxylic acids is 1. The quantitative estimate of drug-likeness (QED) is 0.754. The molecule has 0 unspecified atom stereocenters. The molecule has 1 heterocycles. The van der Waals surface area contributed by atoms with Crippen molar-refractivity contribution >= 4 is 15.9 Å². The third-order valence-electron chi connectivity index (χ3n) is 5.70. The van der Waals surface area contributed by atoms with Gasteiger partial charge in [0.15, 0.2) is 0 Å². The van der Waals surface area contributed by atoms with Crippen LogP contribution in [-0.2, 0) is 14.8 Å². The molecule has 8 heteroatoms. The fourth-order valence-corrected chi connectivity index (χ4v) is 5.80. The van der Waals surface area contributed by atoms with Gasteiger partial charge < -0.3 is 10.1 Å². The van der Waals surface area contributed by atoms with Crippen molar-refractivity contribution in [2.45, 2.75) is 62.3 Å². The number of ether oxygens (including phenoxy) is 1. The number of sulfonamides is 1. The molecule has 0 bridgehead atoms. The minimum Gasteiger partial charge on any atom is -0.495 e. The number of amides is 1. The summed E-state index contributed by atoms with van der Waals surface area (Å²) in [6.07, 6.45) is 7.88. The SMILES string of the molecule is COc1ccc(F)cc1S(=O)(=O)N1CCC[C@@H](C(=O)NC2CCCCCC2)C1. The van der Waals surface area contributed by atoms with E-state index in [2.05, 4.69) is 5.32 Å². The summed E-state index contributed by atoms with van der Waals surface area (Å²) in [5, 5.41) is 3.13. The van der Waals surface area contributed by atoms with Crippen molar-refractivity contribution in [1.82, 2.24) is 9.62 Å². The molecule has 0 spiro atoms. The summed E-state index contributed by atoms with van der Waals surface area (Å²) in [4.78, 5) is 12.6. The molecule has 1 amide bonds. The largest absolute Gasteiger partial charge is 0.495 e. The molecule has 3 rings (SSSR count). The second-order valence-electron chi connectivity index (χ2n) is 7.69. The second kappa shape index (κ2) is 9.22. The molecule has 2 aliphatic rings. The lowest BCUT2D eigenvalue weighted by atomic mass is 9.97. The molecule has 1 aromatic rings. The standard InChI is InChI=1S/C20H29FN2O4S/c1-27-18-11-10-16(21)13-19(18)28(25,26)23-12-6-7-15(14-23)20(24)22-17-8-4-2-3-5-9-17/h10-11,13,15,17H,2-9,12,14H2,1H3,(H,22,24)/t15-/m1/s1. The molecule has 1 atom stereocenters. The number of hydrogen-bond acceptors (Lipinski definition) is 4. The Morgan fingerprint density at radius 1 is 1.14 bits per heavy atom. The Kier molecular flexibility index (Phi) is 6.93. The van der Waals surface area contributed by atoms with Crippen LogP contribution in [-0.4, -0.2) is 44.9 Å². The van der Waals surface area contributed by atoms with Crippen molar-refractivity contribution in [1.29, 1.82) is 0 Å². The Morgan fingerprint density at radius 2 is 1.86 bits per heavy atom. The maximum absolute atomic E-state index is 13.7. The van der Waals surface area contributed by atoms with Crippen LogP contribution in [0.2, 0.25) is 0 Å². The van der Waals surface area contributed by atoms with Gasteiger partial charge in [-0.2, -0.15) is 4.31 Å². The van der Waals surface area contributed by atoms with Crippen LogP contribution in [0.25, 0.3) is 0 Å². The van der Waals surface area contributed by atoms with Gasteiger partial charge in [-0.25, -0.2) is 12.8 Å². The summed E-state index contributed by atoms with van der Waals surface area (Å²) in [6, 6.07) is 3.63. The highest BCUT2D eigenvalue weighted by atomic mass is 32.2. The summed E-state index contributed by atoms with van der Waals surface area (Å²) < 4.78 is 46.2. The van der Waals surface area contributed by atoms with Crippen LogP contribution in [0.4, 0.5) is 4.39 Å². The summed E-state index contributed by atoms with van der Waals surface area (Å²) in [7, 11) is -2.59. The molecule has 1 aromatic carbocycles. The van der Waals surface area contributed by atoms with E-state index in [1.54, 1.807) is 0 Å². The smallest absolute Gasteiger partial charge is 0.246 e. The van der Waals surface area contributed by atoms with E-state index in [-0.39, 0.29) is 35.1 Å². The number of halogens is 1. The zero-order valence-corrected chi connectivity index (χ0v) is 17.1. The topological polar surface area (TPSA) is 75.7 Å². The Morgan fingerprint density at radius 3 is 2.54 bits per heavy atom. The Balaban J connectivity index is 1.71. The lowest BCUT2D eigenvalue weighted by Gasteiger charge is -2.32. The van der Waals surface area contributed by atoms with E-state index >= 15 is 0 Å². The van der Waals surface area contributed by atoms with Crippen LogP contribution >= 0.6 is 0 Å². The first-order valence-electron chi connectivity index (χ1n) is 10.1. The van der Waals surface area contributed by atoms with Gasteiger partial charge >= 0.3 is 0 Å². The van der Waals surface area contributed by atoms with E-state index in [0.29, 0.717) is 19.4 Å². The van der Waals surface area contributed by atoms with Crippen LogP contribution < -0.4 is 10.1 Å². The van der Waals surface area contributed by atoms with Crippen molar-refractivity contribution in [3.8, 4) is 5.75 Å². The maximum atomic E-state index is 13.7. The Bertz CT molecular complexity index is 791. The minimum absolute atomic E-state index is 0.0713. The third kappa shape index (κ3) is 4.84. The maximum Gasteiger partial charge on any atom is 0.246 e. The molecule has 0 radical (unpaired) electrons. The van der Waals surface area contributed by atoms with Crippen LogP contribution in [0, 0.1) is 11.7 Å². The van der Waals surface area contributed by atoms with Crippen LogP contribution in [0.5, 0.6) is 5.75 Å². The number of nitrogens with zero attached hydrogens (tertiary/aromatic N) is 1. The number of benzene rings is 1. The zero-order valence-electron chi connectivity index (χ0n) is 16.3. The molecule has 1 saturated heterocycles. The average molecular weight is 413 g/mol. The van der Waals surface area contributed by atoms with Crippen LogP contribution in [0.3, 0.4) is 0 Å². The molecule has 1 N–H and O–H groups in total. The number of piperidine rings is 1. The second-order valence-corrected chi connectivity index (χ2v) is 9.60. The van der Waals surface area contributed by atoms with Crippen LogP contribution in [0.1, 0.15) is 51.4 Å². The van der Waals surface area contributed by atoms with Crippen molar-refractivity contribution in [2.75, 3.05) is 20.2 Å². The zero-order chi connectivity index (χ0) is 20.1. The normalized spacial score (nSPS) is 22.4. The molecule has 1 aliphatic heterocycles. The van der Waals surface area contributed by atoms with Gasteiger partial charge in [0.2, 0.25) is 15.9 Å². The van der Waals surface area contributed by atoms with Crippen molar-refractivity contribution in [2.24, 2.45) is 5.92 Å². The van der Waals surface area contributed by atoms with Gasteiger partial charge in [-0.3, -0.25) is 4.79 Å². The van der Waals surface area contributed by atoms with Crippen molar-refractivity contribution < 1.29 is 22.3 Å². The highest BCUT2D eigenvalue weighted by Gasteiger charge is 2.35. The van der Waals surface area contributed by atoms with Gasteiger partial charge in [0.05, 0.1) is 13.0 Å². The molecule has 1 aliphatic carbocycles. The first-order chi connectivity index (χ1) is 13.4. The first kappa shape index (κ1) is 21.0. The number of carbonyl (C=O) groups is 1. The molecule has 156 valence electrons. The van der Waals surface area contributed by atoms with Gasteiger partial charge in [-0.05, 0) is 43.9 Å². The summed E-state index contributed by atoms with van der Waals surface area (Å²) in [6.45, 7) is 0.426. The molecule has 1 saturated carbocycles. The van der Waals surface area contributed by atoms with Crippen molar-refractivity contribution in [3.05, 3.63) is 24.0 Å². The number of hydrogen-bond donors (Lipinski definition) is 1. The summed E-state index contributed by atoms with van der Waals surface area (Å²) in [5.74, 6) is -0.991. The van der Waals surface area contributed by atoms with E-state index in [1.165, 1.54) is 30.3 Å². The summed E-state index contributed by atoms with van der Waals surface area (Å²) in [5.41, 5.74) is 0. The first-order valence-corrected chi connectivity index (χ1v) is 11.5. The highest BCUT2D eigenvalue weighted by molar-refractivity contribution is 7.89. The molecular formula is C20H29FN2O4S. The van der Waals surface area contributed by atoms with Crippen LogP contribution in [0.15, 0.2) is 23.1 Å². The van der Waals surface area contributed by atoms with E-state index in [1.807, 2.05) is 0 Å². The number of rotatable bonds is 5. The fraction of sp³-hybridized carbons (Fsp3) is 0.650. The average Bonchev–Trinajstić information content (AvgIpc) is 2.96. The number of methoxy groups -OCH3 is 1. The molecule has 6 nitrogen and oxygen atoms in total. The van der Waals surface area contributed by atoms with E-state index < -0.39 is 15.8 Å². The minimum atomic E-state index is -3.94. The van der Waals surface area contributed by atoms with E-state index in [0.717, 1.165) is 37.8 Å². The summed E-state index contributed by atoms with van der Waals surface area (Å²) >= 11 is 0. The van der Waals surface area contributed by atoms with Gasteiger partial charge in [0.1, 0.15) is 16.5 Å². The van der Waals surface area contributed by atoms with E-state index in [4.69, 9.17) is 4.74 Å². The van der Waals surface area contributed by atoms with Gasteiger partial charge in [0, 0.05) is 19.1 Å². The highest BCUT2D eigenvalue weighted by Crippen LogP contribution is 2.30. The molecule has 28 heavy (non-hydrogen) atoms. The monoisotopic (exact) mass is 412 g/mol. The lowest BCUT2D eigenvalue weighted by Crippen LogP contribution is -2.47. The fourth-order valence-electron chi connectivity index (χ4n) is 4.11. The predicted octanol–water partition coefficient (Wildman–Crippen LogP) is 3.07. The van der Waals surface area contributed by atoms with Gasteiger partial charge in [-0.15, -0.1) is 0 Å². The van der Waals surface area contributed by atoms with Gasteiger partial charge in [-0.1, -0.05) is 25.7 Å². The predicted molar refractivity (Wildman–Crippen MR) is 104 cm³/mol. The Labute approximate surface area is 166 Å². The Hall–Kier alpha value is -1.67. The number of nitrogens with one attached hydrogen (secondary N) is 1. The van der Waals surface area contributed by atoms with Crippen molar-refractivity contribution in [3.63, 3.8) is 0 Å². The molecular weight excluding hydrogens is 383 g/mol. The van der Waals surface area contributed by atoms with E-state index in [9.17, 15) is 17.6 Å². The molecule has 0 aromatic heterocycles. The van der Waals surface area contributed by atoms with Gasteiger partial charge in [0.25, 0.3) is 0 Å². The third-order valence-corrected chi connectivity index (χ3v) is 7.59. The lowest BCUT2D eigenvalue weighted by molar-refractivity contribution is -0.126.